The van der Waals surface area contributed by atoms with Crippen LogP contribution in [0.4, 0.5) is 0 Å². The van der Waals surface area contributed by atoms with Crippen LogP contribution < -0.4 is 0 Å². The first-order valence-electron chi connectivity index (χ1n) is 5.35. The van der Waals surface area contributed by atoms with E-state index in [0.717, 1.165) is 6.42 Å². The third kappa shape index (κ3) is 2.95. The van der Waals surface area contributed by atoms with Crippen molar-refractivity contribution in [2.45, 2.75) is 40.2 Å². The molecule has 0 amide bonds. The van der Waals surface area contributed by atoms with E-state index in [1.807, 2.05) is 0 Å². The monoisotopic (exact) mass is 204 g/mol. The topological polar surface area (TPSA) is 20.2 Å². The molecule has 0 aromatic heterocycles. The summed E-state index contributed by atoms with van der Waals surface area (Å²) in [7, 11) is 0. The van der Waals surface area contributed by atoms with Gasteiger partial charge in [0.2, 0.25) is 0 Å². The molecule has 0 saturated heterocycles. The smallest absolute Gasteiger partial charge is 0.0766 e. The highest BCUT2D eigenvalue weighted by molar-refractivity contribution is 5.44. The molecule has 0 bridgehead atoms. The average molecular weight is 204 g/mol. The Labute approximate surface area is 92.5 Å². The quantitative estimate of drug-likeness (QED) is 0.649. The van der Waals surface area contributed by atoms with Crippen molar-refractivity contribution in [2.24, 2.45) is 5.41 Å². The van der Waals surface area contributed by atoms with Gasteiger partial charge < -0.3 is 5.11 Å². The standard InChI is InChI=1S/C14H20O/c1-10-8-11(2)13(7-6-12(3)15)14(4,5)9-10/h6,8,12,15H,1,9H2,2-5H3. The lowest BCUT2D eigenvalue weighted by Crippen LogP contribution is -2.19. The normalized spacial score (nSPS) is 21.8. The second-order valence-electron chi connectivity index (χ2n) is 4.97. The van der Waals surface area contributed by atoms with E-state index in [-0.39, 0.29) is 5.41 Å². The van der Waals surface area contributed by atoms with Gasteiger partial charge in [0.1, 0.15) is 0 Å². The maximum atomic E-state index is 9.22. The van der Waals surface area contributed by atoms with Crippen molar-refractivity contribution in [2.75, 3.05) is 0 Å². The lowest BCUT2D eigenvalue weighted by molar-refractivity contribution is 0.244. The van der Waals surface area contributed by atoms with E-state index in [9.17, 15) is 5.11 Å². The van der Waals surface area contributed by atoms with Crippen LogP contribution in [0, 0.1) is 5.41 Å². The van der Waals surface area contributed by atoms with Crippen LogP contribution >= 0.6 is 0 Å². The summed E-state index contributed by atoms with van der Waals surface area (Å²) in [4.78, 5) is 0. The molecule has 1 rings (SSSR count). The zero-order chi connectivity index (χ0) is 11.6. The van der Waals surface area contributed by atoms with Crippen LogP contribution in [-0.2, 0) is 0 Å². The van der Waals surface area contributed by atoms with Crippen molar-refractivity contribution in [3.63, 3.8) is 0 Å². The number of hydrogen-bond acceptors (Lipinski definition) is 1. The van der Waals surface area contributed by atoms with Gasteiger partial charge in [0.25, 0.3) is 0 Å². The second kappa shape index (κ2) is 4.22. The molecule has 1 unspecified atom stereocenters. The van der Waals surface area contributed by atoms with Gasteiger partial charge in [0.15, 0.2) is 0 Å². The molecule has 1 aliphatic carbocycles. The molecule has 0 heterocycles. The van der Waals surface area contributed by atoms with Crippen molar-refractivity contribution >= 4 is 0 Å². The summed E-state index contributed by atoms with van der Waals surface area (Å²) in [5.74, 6) is 0. The highest BCUT2D eigenvalue weighted by atomic mass is 16.3. The van der Waals surface area contributed by atoms with Gasteiger partial charge in [-0.05, 0) is 31.9 Å². The summed E-state index contributed by atoms with van der Waals surface area (Å²) in [5.41, 5.74) is 6.83. The number of aliphatic hydroxyl groups is 1. The maximum absolute atomic E-state index is 9.22. The summed E-state index contributed by atoms with van der Waals surface area (Å²) in [6, 6.07) is 0. The third-order valence-corrected chi connectivity index (χ3v) is 2.63. The fraction of sp³-hybridized carbons (Fsp3) is 0.500. The summed E-state index contributed by atoms with van der Waals surface area (Å²) >= 11 is 0. The van der Waals surface area contributed by atoms with Crippen LogP contribution in [0.25, 0.3) is 0 Å². The molecule has 0 aliphatic heterocycles. The molecule has 1 atom stereocenters. The van der Waals surface area contributed by atoms with Gasteiger partial charge in [-0.15, -0.1) is 5.73 Å². The van der Waals surface area contributed by atoms with Crippen LogP contribution in [0.2, 0.25) is 0 Å². The molecule has 1 heteroatoms. The first kappa shape index (κ1) is 12.0. The number of allylic oxidation sites excluding steroid dienone is 3. The first-order valence-corrected chi connectivity index (χ1v) is 5.35. The lowest BCUT2D eigenvalue weighted by Gasteiger charge is -2.32. The molecule has 82 valence electrons. The highest BCUT2D eigenvalue weighted by Crippen LogP contribution is 2.41. The Kier molecular flexibility index (Phi) is 3.38. The predicted molar refractivity (Wildman–Crippen MR) is 64.6 cm³/mol. The van der Waals surface area contributed by atoms with Crippen molar-refractivity contribution in [1.29, 1.82) is 0 Å². The minimum Gasteiger partial charge on any atom is -0.389 e. The van der Waals surface area contributed by atoms with E-state index >= 15 is 0 Å². The molecule has 0 saturated carbocycles. The van der Waals surface area contributed by atoms with E-state index < -0.39 is 6.10 Å². The van der Waals surface area contributed by atoms with Crippen molar-refractivity contribution < 1.29 is 5.11 Å². The summed E-state index contributed by atoms with van der Waals surface area (Å²) in [5, 5.41) is 9.22. The Balaban J connectivity index is 3.21. The maximum Gasteiger partial charge on any atom is 0.0766 e. The Morgan fingerprint density at radius 1 is 1.60 bits per heavy atom. The summed E-state index contributed by atoms with van der Waals surface area (Å²) < 4.78 is 0. The van der Waals surface area contributed by atoms with Crippen LogP contribution in [0.3, 0.4) is 0 Å². The Hall–Kier alpha value is -1.04. The Morgan fingerprint density at radius 3 is 2.67 bits per heavy atom. The molecule has 1 N–H and O–H groups in total. The minimum atomic E-state index is -0.439. The zero-order valence-corrected chi connectivity index (χ0v) is 10.1. The molecular weight excluding hydrogens is 184 g/mol. The number of hydrogen-bond donors (Lipinski definition) is 1. The highest BCUT2D eigenvalue weighted by Gasteiger charge is 2.28. The van der Waals surface area contributed by atoms with E-state index in [4.69, 9.17) is 0 Å². The molecule has 0 aromatic carbocycles. The van der Waals surface area contributed by atoms with E-state index in [2.05, 4.69) is 39.2 Å². The van der Waals surface area contributed by atoms with Crippen LogP contribution in [-0.4, -0.2) is 11.2 Å². The SMILES string of the molecule is C=C1C=C(C)C(=C=CC(C)O)C(C)(C)C1. The van der Waals surface area contributed by atoms with Crippen LogP contribution in [0.5, 0.6) is 0 Å². The minimum absolute atomic E-state index is 0.0707. The second-order valence-corrected chi connectivity index (χ2v) is 4.97. The fourth-order valence-electron chi connectivity index (χ4n) is 2.13. The molecular formula is C14H20O. The van der Waals surface area contributed by atoms with Crippen LogP contribution in [0.1, 0.15) is 34.1 Å². The summed E-state index contributed by atoms with van der Waals surface area (Å²) in [6.07, 6.45) is 4.33. The van der Waals surface area contributed by atoms with Gasteiger partial charge in [-0.2, -0.15) is 0 Å². The van der Waals surface area contributed by atoms with E-state index in [1.165, 1.54) is 16.7 Å². The molecule has 1 nitrogen and oxygen atoms in total. The molecule has 1 aliphatic rings. The van der Waals surface area contributed by atoms with Gasteiger partial charge >= 0.3 is 0 Å². The molecule has 0 radical (unpaired) electrons. The third-order valence-electron chi connectivity index (χ3n) is 2.63. The predicted octanol–water partition coefficient (Wildman–Crippen LogP) is 3.38. The largest absolute Gasteiger partial charge is 0.389 e. The van der Waals surface area contributed by atoms with Gasteiger partial charge in [0, 0.05) is 11.0 Å². The van der Waals surface area contributed by atoms with Gasteiger partial charge in [-0.25, -0.2) is 0 Å². The zero-order valence-electron chi connectivity index (χ0n) is 10.1. The van der Waals surface area contributed by atoms with Crippen molar-refractivity contribution in [1.82, 2.24) is 0 Å². The number of aliphatic hydroxyl groups excluding tert-OH is 1. The van der Waals surface area contributed by atoms with Gasteiger partial charge in [-0.1, -0.05) is 32.1 Å². The van der Waals surface area contributed by atoms with E-state index in [1.54, 1.807) is 13.0 Å². The molecule has 0 fully saturated rings. The van der Waals surface area contributed by atoms with Crippen LogP contribution in [0.15, 0.2) is 41.2 Å². The fourth-order valence-corrected chi connectivity index (χ4v) is 2.13. The molecule has 0 spiro atoms. The molecule has 15 heavy (non-hydrogen) atoms. The Morgan fingerprint density at radius 2 is 2.20 bits per heavy atom. The van der Waals surface area contributed by atoms with Gasteiger partial charge in [-0.3, -0.25) is 0 Å². The van der Waals surface area contributed by atoms with Crippen molar-refractivity contribution in [3.8, 4) is 0 Å². The number of rotatable bonds is 1. The summed E-state index contributed by atoms with van der Waals surface area (Å²) in [6.45, 7) is 12.2. The van der Waals surface area contributed by atoms with E-state index in [0.29, 0.717) is 0 Å². The molecule has 0 aromatic rings. The lowest BCUT2D eigenvalue weighted by atomic mass is 9.72. The van der Waals surface area contributed by atoms with Gasteiger partial charge in [0.05, 0.1) is 6.10 Å². The average Bonchev–Trinajstić information content (AvgIpc) is 1.98. The Bertz CT molecular complexity index is 361. The van der Waals surface area contributed by atoms with Crippen molar-refractivity contribution in [3.05, 3.63) is 41.2 Å². The first-order chi connectivity index (χ1) is 6.83.